The fourth-order valence-corrected chi connectivity index (χ4v) is 2.40. The van der Waals surface area contributed by atoms with Crippen LogP contribution in [0.5, 0.6) is 5.75 Å². The molecule has 0 saturated heterocycles. The number of nitrogens with two attached hydrogens (primary N) is 1. The van der Waals surface area contributed by atoms with Crippen LogP contribution in [0.1, 0.15) is 18.9 Å². The smallest absolute Gasteiger partial charge is 0.269 e. The van der Waals surface area contributed by atoms with E-state index in [2.05, 4.69) is 4.98 Å². The lowest BCUT2D eigenvalue weighted by atomic mass is 10.1. The molecule has 0 spiro atoms. The molecule has 0 radical (unpaired) electrons. The summed E-state index contributed by atoms with van der Waals surface area (Å²) in [6, 6.07) is 9.37. The standard InChI is InChI=1S/C16H16FN3O2/c1-2-12-16(21)20(9-10-3-5-11(17)6-4-10)15-13(22-12)7-8-14(18)19-15/h3-8,12H,2,9H2,1H3,(H2,18,19). The Balaban J connectivity index is 1.98. The van der Waals surface area contributed by atoms with E-state index in [4.69, 9.17) is 10.5 Å². The van der Waals surface area contributed by atoms with Crippen LogP contribution in [0.3, 0.4) is 0 Å². The van der Waals surface area contributed by atoms with Gasteiger partial charge in [0.25, 0.3) is 5.91 Å². The number of rotatable bonds is 3. The Morgan fingerprint density at radius 2 is 2.00 bits per heavy atom. The first-order valence-electron chi connectivity index (χ1n) is 7.07. The molecule has 2 heterocycles. The number of ether oxygens (including phenoxy) is 1. The van der Waals surface area contributed by atoms with E-state index in [0.29, 0.717) is 30.4 Å². The Morgan fingerprint density at radius 1 is 1.27 bits per heavy atom. The van der Waals surface area contributed by atoms with Gasteiger partial charge in [0.05, 0.1) is 6.54 Å². The average Bonchev–Trinajstić information content (AvgIpc) is 2.52. The van der Waals surface area contributed by atoms with Gasteiger partial charge in [-0.15, -0.1) is 0 Å². The molecule has 2 N–H and O–H groups in total. The average molecular weight is 301 g/mol. The summed E-state index contributed by atoms with van der Waals surface area (Å²) in [5, 5.41) is 0. The highest BCUT2D eigenvalue weighted by Gasteiger charge is 2.34. The van der Waals surface area contributed by atoms with E-state index in [1.54, 1.807) is 24.3 Å². The number of amides is 1. The molecule has 0 fully saturated rings. The fraction of sp³-hybridized carbons (Fsp3) is 0.250. The fourth-order valence-electron chi connectivity index (χ4n) is 2.40. The number of hydrogen-bond acceptors (Lipinski definition) is 4. The van der Waals surface area contributed by atoms with Crippen LogP contribution < -0.4 is 15.4 Å². The number of pyridine rings is 1. The second kappa shape index (κ2) is 5.63. The highest BCUT2D eigenvalue weighted by Crippen LogP contribution is 2.34. The van der Waals surface area contributed by atoms with Gasteiger partial charge >= 0.3 is 0 Å². The summed E-state index contributed by atoms with van der Waals surface area (Å²) in [4.78, 5) is 18.3. The first kappa shape index (κ1) is 14.3. The number of fused-ring (bicyclic) bond motifs is 1. The van der Waals surface area contributed by atoms with Crippen molar-refractivity contribution in [2.75, 3.05) is 10.6 Å². The topological polar surface area (TPSA) is 68.5 Å². The second-order valence-electron chi connectivity index (χ2n) is 5.12. The lowest BCUT2D eigenvalue weighted by molar-refractivity contribution is -0.126. The molecule has 1 aromatic heterocycles. The van der Waals surface area contributed by atoms with E-state index < -0.39 is 6.10 Å². The van der Waals surface area contributed by atoms with Crippen LogP contribution in [-0.4, -0.2) is 17.0 Å². The number of nitrogens with zero attached hydrogens (tertiary/aromatic N) is 2. The van der Waals surface area contributed by atoms with E-state index >= 15 is 0 Å². The third kappa shape index (κ3) is 2.59. The summed E-state index contributed by atoms with van der Waals surface area (Å²) >= 11 is 0. The van der Waals surface area contributed by atoms with Gasteiger partial charge in [-0.1, -0.05) is 19.1 Å². The second-order valence-corrected chi connectivity index (χ2v) is 5.12. The predicted octanol–water partition coefficient (Wildman–Crippen LogP) is 2.51. The number of aromatic nitrogens is 1. The molecule has 114 valence electrons. The van der Waals surface area contributed by atoms with E-state index in [0.717, 1.165) is 5.56 Å². The van der Waals surface area contributed by atoms with Gasteiger partial charge in [-0.3, -0.25) is 9.69 Å². The summed E-state index contributed by atoms with van der Waals surface area (Å²) in [7, 11) is 0. The highest BCUT2D eigenvalue weighted by atomic mass is 19.1. The highest BCUT2D eigenvalue weighted by molar-refractivity contribution is 5.99. The zero-order valence-corrected chi connectivity index (χ0v) is 12.1. The summed E-state index contributed by atoms with van der Waals surface area (Å²) in [6.07, 6.45) is 0.0149. The van der Waals surface area contributed by atoms with Crippen LogP contribution >= 0.6 is 0 Å². The predicted molar refractivity (Wildman–Crippen MR) is 80.9 cm³/mol. The van der Waals surface area contributed by atoms with Crippen molar-refractivity contribution in [3.8, 4) is 5.75 Å². The summed E-state index contributed by atoms with van der Waals surface area (Å²) in [5.41, 5.74) is 6.52. The van der Waals surface area contributed by atoms with Crippen molar-refractivity contribution in [1.82, 2.24) is 4.98 Å². The number of carbonyl (C=O) groups is 1. The Labute approximate surface area is 127 Å². The SMILES string of the molecule is CCC1Oc2ccc(N)nc2N(Cc2ccc(F)cc2)C1=O. The van der Waals surface area contributed by atoms with Crippen molar-refractivity contribution in [1.29, 1.82) is 0 Å². The number of benzene rings is 1. The minimum atomic E-state index is -0.543. The van der Waals surface area contributed by atoms with Crippen molar-refractivity contribution in [2.24, 2.45) is 0 Å². The Morgan fingerprint density at radius 3 is 2.68 bits per heavy atom. The molecule has 6 heteroatoms. The van der Waals surface area contributed by atoms with Crippen LogP contribution in [0, 0.1) is 5.82 Å². The minimum Gasteiger partial charge on any atom is -0.477 e. The maximum Gasteiger partial charge on any atom is 0.269 e. The molecule has 1 unspecified atom stereocenters. The van der Waals surface area contributed by atoms with Crippen LogP contribution in [0.15, 0.2) is 36.4 Å². The van der Waals surface area contributed by atoms with Crippen LogP contribution in [-0.2, 0) is 11.3 Å². The number of halogens is 1. The van der Waals surface area contributed by atoms with E-state index in [9.17, 15) is 9.18 Å². The van der Waals surface area contributed by atoms with E-state index in [1.807, 2.05) is 6.92 Å². The van der Waals surface area contributed by atoms with Crippen molar-refractivity contribution in [3.05, 3.63) is 47.8 Å². The van der Waals surface area contributed by atoms with Gasteiger partial charge < -0.3 is 10.5 Å². The molecule has 1 aliphatic heterocycles. The lowest BCUT2D eigenvalue weighted by Gasteiger charge is -2.33. The Kier molecular flexibility index (Phi) is 3.66. The van der Waals surface area contributed by atoms with Gasteiger partial charge in [-0.2, -0.15) is 0 Å². The molecule has 0 bridgehead atoms. The van der Waals surface area contributed by atoms with Crippen molar-refractivity contribution >= 4 is 17.5 Å². The molecule has 1 amide bonds. The molecule has 0 aliphatic carbocycles. The van der Waals surface area contributed by atoms with Gasteiger partial charge in [0, 0.05) is 0 Å². The normalized spacial score (nSPS) is 17.1. The molecular formula is C16H16FN3O2. The van der Waals surface area contributed by atoms with Gasteiger partial charge in [0.15, 0.2) is 17.7 Å². The maximum atomic E-state index is 13.0. The Hall–Kier alpha value is -2.63. The van der Waals surface area contributed by atoms with Crippen LogP contribution in [0.2, 0.25) is 0 Å². The largest absolute Gasteiger partial charge is 0.477 e. The summed E-state index contributed by atoms with van der Waals surface area (Å²) < 4.78 is 18.7. The van der Waals surface area contributed by atoms with Crippen LogP contribution in [0.4, 0.5) is 16.0 Å². The third-order valence-corrected chi connectivity index (χ3v) is 3.55. The van der Waals surface area contributed by atoms with Crippen molar-refractivity contribution < 1.29 is 13.9 Å². The van der Waals surface area contributed by atoms with Gasteiger partial charge in [0.2, 0.25) is 0 Å². The molecule has 22 heavy (non-hydrogen) atoms. The molecule has 1 aliphatic rings. The van der Waals surface area contributed by atoms with Crippen LogP contribution in [0.25, 0.3) is 0 Å². The van der Waals surface area contributed by atoms with Gasteiger partial charge in [-0.25, -0.2) is 9.37 Å². The zero-order chi connectivity index (χ0) is 15.7. The van der Waals surface area contributed by atoms with E-state index in [1.165, 1.54) is 17.0 Å². The molecule has 0 saturated carbocycles. The molecular weight excluding hydrogens is 285 g/mol. The van der Waals surface area contributed by atoms with Crippen molar-refractivity contribution in [2.45, 2.75) is 26.0 Å². The van der Waals surface area contributed by atoms with Gasteiger partial charge in [-0.05, 0) is 36.2 Å². The van der Waals surface area contributed by atoms with E-state index in [-0.39, 0.29) is 11.7 Å². The molecule has 1 aromatic carbocycles. The molecule has 1 atom stereocenters. The zero-order valence-electron chi connectivity index (χ0n) is 12.1. The molecule has 5 nitrogen and oxygen atoms in total. The molecule has 2 aromatic rings. The quantitative estimate of drug-likeness (QED) is 0.945. The lowest BCUT2D eigenvalue weighted by Crippen LogP contribution is -2.45. The molecule has 3 rings (SSSR count). The monoisotopic (exact) mass is 301 g/mol. The number of hydrogen-bond donors (Lipinski definition) is 1. The number of nitrogen functional groups attached to an aromatic ring is 1. The number of carbonyl (C=O) groups excluding carboxylic acids is 1. The maximum absolute atomic E-state index is 13.0. The first-order chi connectivity index (χ1) is 10.6. The Bertz CT molecular complexity index is 703. The third-order valence-electron chi connectivity index (χ3n) is 3.55. The van der Waals surface area contributed by atoms with Crippen molar-refractivity contribution in [3.63, 3.8) is 0 Å². The summed E-state index contributed by atoms with van der Waals surface area (Å²) in [5.74, 6) is 0.764. The first-order valence-corrected chi connectivity index (χ1v) is 7.07. The minimum absolute atomic E-state index is 0.169. The van der Waals surface area contributed by atoms with Gasteiger partial charge in [0.1, 0.15) is 11.6 Å². The summed E-state index contributed by atoms with van der Waals surface area (Å²) in [6.45, 7) is 2.18. The number of anilines is 2.